The first-order chi connectivity index (χ1) is 14.2. The summed E-state index contributed by atoms with van der Waals surface area (Å²) in [5.41, 5.74) is 0.185. The number of likely N-dealkylation sites (N-methyl/N-ethyl adjacent to an activating group) is 1. The second-order valence-electron chi connectivity index (χ2n) is 7.05. The average Bonchev–Trinajstić information content (AvgIpc) is 2.75. The van der Waals surface area contributed by atoms with Crippen molar-refractivity contribution < 1.29 is 18.6 Å². The van der Waals surface area contributed by atoms with Crippen molar-refractivity contribution in [2.75, 3.05) is 32.8 Å². The molecular formula is C23H25NO5. The van der Waals surface area contributed by atoms with Gasteiger partial charge in [-0.25, -0.2) is 4.79 Å². The predicted octanol–water partition coefficient (Wildman–Crippen LogP) is 3.72. The molecule has 0 N–H and O–H groups in total. The van der Waals surface area contributed by atoms with Crippen molar-refractivity contribution in [1.29, 1.82) is 0 Å². The van der Waals surface area contributed by atoms with Gasteiger partial charge in [-0.1, -0.05) is 19.1 Å². The van der Waals surface area contributed by atoms with Crippen LogP contribution >= 0.6 is 0 Å². The molecule has 1 atom stereocenters. The lowest BCUT2D eigenvalue weighted by Crippen LogP contribution is -2.41. The van der Waals surface area contributed by atoms with Gasteiger partial charge < -0.3 is 18.6 Å². The molecule has 3 aromatic rings. The molecule has 2 aromatic carbocycles. The molecule has 4 rings (SSSR count). The highest BCUT2D eigenvalue weighted by Gasteiger charge is 2.22. The first-order valence-corrected chi connectivity index (χ1v) is 9.99. The number of hydrogen-bond acceptors (Lipinski definition) is 6. The maximum absolute atomic E-state index is 11.4. The lowest BCUT2D eigenvalue weighted by Gasteiger charge is -2.30. The number of nitrogens with zero attached hydrogens (tertiary/aromatic N) is 1. The van der Waals surface area contributed by atoms with Gasteiger partial charge in [0.2, 0.25) is 0 Å². The third kappa shape index (κ3) is 4.90. The predicted molar refractivity (Wildman–Crippen MR) is 111 cm³/mol. The summed E-state index contributed by atoms with van der Waals surface area (Å²) in [6, 6.07) is 16.5. The largest absolute Gasteiger partial charge is 0.493 e. The first-order valence-electron chi connectivity index (χ1n) is 9.99. The highest BCUT2D eigenvalue weighted by Crippen LogP contribution is 2.31. The minimum Gasteiger partial charge on any atom is -0.493 e. The van der Waals surface area contributed by atoms with Crippen molar-refractivity contribution in [3.8, 4) is 17.2 Å². The molecule has 0 radical (unpaired) electrons. The number of para-hydroxylation sites is 2. The van der Waals surface area contributed by atoms with Gasteiger partial charge in [0.25, 0.3) is 0 Å². The number of hydrogen-bond donors (Lipinski definition) is 0. The summed E-state index contributed by atoms with van der Waals surface area (Å²) >= 11 is 0. The summed E-state index contributed by atoms with van der Waals surface area (Å²) in [6.45, 7) is 5.94. The molecule has 1 aromatic heterocycles. The van der Waals surface area contributed by atoms with Crippen LogP contribution in [0, 0.1) is 0 Å². The monoisotopic (exact) mass is 395 g/mol. The molecule has 2 heterocycles. The lowest BCUT2D eigenvalue weighted by molar-refractivity contribution is 0.0587. The van der Waals surface area contributed by atoms with E-state index in [1.54, 1.807) is 12.1 Å². The van der Waals surface area contributed by atoms with Gasteiger partial charge in [-0.15, -0.1) is 0 Å². The third-order valence-electron chi connectivity index (χ3n) is 4.96. The Hall–Kier alpha value is -2.99. The zero-order chi connectivity index (χ0) is 20.1. The molecular weight excluding hydrogens is 370 g/mol. The Morgan fingerprint density at radius 2 is 1.93 bits per heavy atom. The van der Waals surface area contributed by atoms with Crippen LogP contribution in [-0.2, 0) is 0 Å². The van der Waals surface area contributed by atoms with Crippen LogP contribution in [0.15, 0.2) is 63.8 Å². The van der Waals surface area contributed by atoms with Crippen LogP contribution in [-0.4, -0.2) is 43.9 Å². The summed E-state index contributed by atoms with van der Waals surface area (Å²) in [7, 11) is 0. The number of ether oxygens (including phenoxy) is 3. The van der Waals surface area contributed by atoms with E-state index >= 15 is 0 Å². The van der Waals surface area contributed by atoms with E-state index in [1.807, 2.05) is 36.4 Å². The Bertz CT molecular complexity index is 1020. The van der Waals surface area contributed by atoms with Crippen molar-refractivity contribution in [1.82, 2.24) is 4.90 Å². The summed E-state index contributed by atoms with van der Waals surface area (Å²) in [5.74, 6) is 2.33. The van der Waals surface area contributed by atoms with Crippen LogP contribution < -0.4 is 19.8 Å². The highest BCUT2D eigenvalue weighted by molar-refractivity contribution is 5.77. The molecule has 0 spiro atoms. The zero-order valence-corrected chi connectivity index (χ0v) is 16.5. The van der Waals surface area contributed by atoms with Crippen molar-refractivity contribution in [2.45, 2.75) is 19.4 Å². The molecule has 0 saturated carbocycles. The Labute approximate surface area is 169 Å². The van der Waals surface area contributed by atoms with E-state index in [2.05, 4.69) is 11.8 Å². The normalized spacial score (nSPS) is 15.6. The molecule has 0 amide bonds. The summed E-state index contributed by atoms with van der Waals surface area (Å²) in [4.78, 5) is 13.7. The molecule has 29 heavy (non-hydrogen) atoms. The second-order valence-corrected chi connectivity index (χ2v) is 7.05. The molecule has 1 unspecified atom stereocenters. The summed E-state index contributed by atoms with van der Waals surface area (Å²) < 4.78 is 22.9. The summed E-state index contributed by atoms with van der Waals surface area (Å²) in [6.07, 6.45) is 0.906. The highest BCUT2D eigenvalue weighted by atomic mass is 16.6. The minimum absolute atomic E-state index is 0.0224. The van der Waals surface area contributed by atoms with Gasteiger partial charge in [-0.05, 0) is 43.3 Å². The Morgan fingerprint density at radius 3 is 2.79 bits per heavy atom. The van der Waals surface area contributed by atoms with Crippen LogP contribution in [0.4, 0.5) is 0 Å². The second kappa shape index (κ2) is 9.01. The van der Waals surface area contributed by atoms with E-state index in [-0.39, 0.29) is 11.7 Å². The molecule has 0 aliphatic carbocycles. The van der Waals surface area contributed by atoms with E-state index in [9.17, 15) is 4.79 Å². The van der Waals surface area contributed by atoms with Gasteiger partial charge in [0, 0.05) is 30.6 Å². The SMILES string of the molecule is CCN(CCCOc1ccc2ccc(=O)oc2c1)CC1COc2ccccc2O1. The fourth-order valence-electron chi connectivity index (χ4n) is 3.43. The molecule has 6 heteroatoms. The Morgan fingerprint density at radius 1 is 1.10 bits per heavy atom. The van der Waals surface area contributed by atoms with E-state index in [0.717, 1.165) is 42.9 Å². The van der Waals surface area contributed by atoms with Crippen molar-refractivity contribution >= 4 is 11.0 Å². The maximum Gasteiger partial charge on any atom is 0.336 e. The van der Waals surface area contributed by atoms with Gasteiger partial charge in [0.1, 0.15) is 24.0 Å². The molecule has 0 saturated heterocycles. The molecule has 1 aliphatic rings. The molecule has 6 nitrogen and oxygen atoms in total. The minimum atomic E-state index is -0.357. The van der Waals surface area contributed by atoms with Crippen LogP contribution in [0.1, 0.15) is 13.3 Å². The Balaban J connectivity index is 1.25. The van der Waals surface area contributed by atoms with Crippen LogP contribution in [0.3, 0.4) is 0 Å². The molecule has 152 valence electrons. The van der Waals surface area contributed by atoms with Crippen molar-refractivity contribution in [3.63, 3.8) is 0 Å². The van der Waals surface area contributed by atoms with Gasteiger partial charge in [0.15, 0.2) is 11.5 Å². The Kier molecular flexibility index (Phi) is 6.00. The van der Waals surface area contributed by atoms with Crippen LogP contribution in [0.2, 0.25) is 0 Å². The molecule has 0 fully saturated rings. The van der Waals surface area contributed by atoms with Gasteiger partial charge in [-0.2, -0.15) is 0 Å². The van der Waals surface area contributed by atoms with Crippen molar-refractivity contribution in [3.05, 3.63) is 65.0 Å². The van der Waals surface area contributed by atoms with Gasteiger partial charge in [0.05, 0.1) is 6.61 Å². The fraction of sp³-hybridized carbons (Fsp3) is 0.348. The zero-order valence-electron chi connectivity index (χ0n) is 16.5. The molecule has 1 aliphatic heterocycles. The smallest absolute Gasteiger partial charge is 0.336 e. The first kappa shape index (κ1) is 19.3. The van der Waals surface area contributed by atoms with E-state index in [1.165, 1.54) is 6.07 Å². The molecule has 0 bridgehead atoms. The topological polar surface area (TPSA) is 61.1 Å². The van der Waals surface area contributed by atoms with Crippen molar-refractivity contribution in [2.24, 2.45) is 0 Å². The number of benzene rings is 2. The van der Waals surface area contributed by atoms with Crippen LogP contribution in [0.25, 0.3) is 11.0 Å². The number of fused-ring (bicyclic) bond motifs is 2. The van der Waals surface area contributed by atoms with E-state index < -0.39 is 0 Å². The fourth-order valence-corrected chi connectivity index (χ4v) is 3.43. The maximum atomic E-state index is 11.4. The third-order valence-corrected chi connectivity index (χ3v) is 4.96. The lowest BCUT2D eigenvalue weighted by atomic mass is 10.2. The van der Waals surface area contributed by atoms with E-state index in [4.69, 9.17) is 18.6 Å². The van der Waals surface area contributed by atoms with E-state index in [0.29, 0.717) is 24.5 Å². The van der Waals surface area contributed by atoms with Crippen LogP contribution in [0.5, 0.6) is 17.2 Å². The number of rotatable bonds is 8. The average molecular weight is 395 g/mol. The van der Waals surface area contributed by atoms with Gasteiger partial charge >= 0.3 is 5.63 Å². The summed E-state index contributed by atoms with van der Waals surface area (Å²) in [5, 5.41) is 0.880. The standard InChI is InChI=1S/C23H25NO5/c1-2-24(15-19-16-27-20-6-3-4-7-21(20)28-19)12-5-13-26-18-10-8-17-9-11-23(25)29-22(17)14-18/h3-4,6-11,14,19H,2,5,12-13,15-16H2,1H3. The van der Waals surface area contributed by atoms with Gasteiger partial charge in [-0.3, -0.25) is 4.90 Å². The quantitative estimate of drug-likeness (QED) is 0.428.